The van der Waals surface area contributed by atoms with Crippen LogP contribution in [-0.4, -0.2) is 9.55 Å². The Bertz CT molecular complexity index is 537. The summed E-state index contributed by atoms with van der Waals surface area (Å²) in [6.07, 6.45) is 1.67. The molecule has 0 saturated carbocycles. The first-order valence-electron chi connectivity index (χ1n) is 5.23. The smallest absolute Gasteiger partial charge is 0.128 e. The zero-order valence-corrected chi connectivity index (χ0v) is 11.3. The molecule has 0 unspecified atom stereocenters. The number of halogens is 1. The molecular weight excluding hydrogens is 254 g/mol. The molecule has 90 valence electrons. The fourth-order valence-corrected chi connectivity index (χ4v) is 2.58. The zero-order chi connectivity index (χ0) is 12.4. The average molecular weight is 268 g/mol. The number of thioether (sulfide) groups is 1. The topological polar surface area (TPSA) is 43.8 Å². The van der Waals surface area contributed by atoms with Crippen LogP contribution in [0.5, 0.6) is 0 Å². The van der Waals surface area contributed by atoms with Crippen molar-refractivity contribution in [3.8, 4) is 0 Å². The Morgan fingerprint density at radius 1 is 1.47 bits per heavy atom. The lowest BCUT2D eigenvalue weighted by molar-refractivity contribution is 0.850. The van der Waals surface area contributed by atoms with Crippen molar-refractivity contribution in [2.24, 2.45) is 7.05 Å². The van der Waals surface area contributed by atoms with Crippen LogP contribution in [0.1, 0.15) is 11.4 Å². The minimum absolute atomic E-state index is 0.661. The maximum absolute atomic E-state index is 5.93. The lowest BCUT2D eigenvalue weighted by atomic mass is 10.2. The van der Waals surface area contributed by atoms with Crippen molar-refractivity contribution >= 4 is 29.1 Å². The van der Waals surface area contributed by atoms with Crippen molar-refractivity contribution in [2.45, 2.75) is 17.6 Å². The van der Waals surface area contributed by atoms with Gasteiger partial charge in [-0.15, -0.1) is 11.8 Å². The van der Waals surface area contributed by atoms with Crippen molar-refractivity contribution in [1.29, 1.82) is 0 Å². The van der Waals surface area contributed by atoms with E-state index in [0.717, 1.165) is 22.8 Å². The molecule has 1 aromatic carbocycles. The van der Waals surface area contributed by atoms with Gasteiger partial charge in [0.15, 0.2) is 0 Å². The van der Waals surface area contributed by atoms with Crippen molar-refractivity contribution in [3.05, 3.63) is 40.9 Å². The molecule has 0 spiro atoms. The minimum Gasteiger partial charge on any atom is -0.399 e. The fourth-order valence-electron chi connectivity index (χ4n) is 1.44. The van der Waals surface area contributed by atoms with Crippen molar-refractivity contribution in [3.63, 3.8) is 0 Å². The van der Waals surface area contributed by atoms with Gasteiger partial charge in [0, 0.05) is 17.6 Å². The van der Waals surface area contributed by atoms with E-state index in [9.17, 15) is 0 Å². The van der Waals surface area contributed by atoms with Crippen LogP contribution in [0, 0.1) is 6.92 Å². The van der Waals surface area contributed by atoms with Gasteiger partial charge in [0.25, 0.3) is 0 Å². The molecule has 17 heavy (non-hydrogen) atoms. The van der Waals surface area contributed by atoms with E-state index >= 15 is 0 Å². The number of rotatable bonds is 3. The number of hydrogen-bond donors (Lipinski definition) is 1. The summed E-state index contributed by atoms with van der Waals surface area (Å²) in [5.74, 6) is 1.77. The van der Waals surface area contributed by atoms with E-state index in [-0.39, 0.29) is 0 Å². The van der Waals surface area contributed by atoms with Gasteiger partial charge in [-0.1, -0.05) is 11.6 Å². The van der Waals surface area contributed by atoms with E-state index in [0.29, 0.717) is 5.15 Å². The molecule has 3 nitrogen and oxygen atoms in total. The molecule has 0 saturated heterocycles. The first-order chi connectivity index (χ1) is 8.08. The van der Waals surface area contributed by atoms with Crippen LogP contribution in [0.3, 0.4) is 0 Å². The van der Waals surface area contributed by atoms with E-state index in [1.165, 1.54) is 4.90 Å². The van der Waals surface area contributed by atoms with Crippen LogP contribution in [0.2, 0.25) is 5.15 Å². The summed E-state index contributed by atoms with van der Waals surface area (Å²) in [6, 6.07) is 6.05. The molecule has 1 aromatic heterocycles. The molecule has 2 N–H and O–H groups in total. The van der Waals surface area contributed by atoms with Gasteiger partial charge in [-0.05, 0) is 30.7 Å². The van der Waals surface area contributed by atoms with Gasteiger partial charge >= 0.3 is 0 Å². The van der Waals surface area contributed by atoms with E-state index in [1.54, 1.807) is 18.0 Å². The summed E-state index contributed by atoms with van der Waals surface area (Å²) < 4.78 is 1.89. The molecule has 0 atom stereocenters. The molecule has 0 radical (unpaired) electrons. The lowest BCUT2D eigenvalue weighted by Gasteiger charge is -2.05. The summed E-state index contributed by atoms with van der Waals surface area (Å²) in [7, 11) is 1.92. The monoisotopic (exact) mass is 267 g/mol. The lowest BCUT2D eigenvalue weighted by Crippen LogP contribution is -1.96. The molecule has 2 aromatic rings. The molecule has 0 amide bonds. The van der Waals surface area contributed by atoms with Gasteiger partial charge in [0.05, 0.1) is 11.9 Å². The van der Waals surface area contributed by atoms with Crippen LogP contribution in [0.15, 0.2) is 29.3 Å². The van der Waals surface area contributed by atoms with E-state index in [4.69, 9.17) is 17.3 Å². The van der Waals surface area contributed by atoms with Crippen molar-refractivity contribution in [2.75, 3.05) is 5.73 Å². The van der Waals surface area contributed by atoms with Crippen LogP contribution in [0.25, 0.3) is 0 Å². The van der Waals surface area contributed by atoms with E-state index in [1.807, 2.05) is 30.7 Å². The zero-order valence-electron chi connectivity index (χ0n) is 9.77. The van der Waals surface area contributed by atoms with Crippen LogP contribution in [0.4, 0.5) is 5.69 Å². The van der Waals surface area contributed by atoms with Crippen molar-refractivity contribution < 1.29 is 0 Å². The summed E-state index contributed by atoms with van der Waals surface area (Å²) in [6.45, 7) is 2.01. The number of aryl methyl sites for hydroxylation is 1. The number of benzene rings is 1. The Morgan fingerprint density at radius 3 is 2.82 bits per heavy atom. The third kappa shape index (κ3) is 2.76. The molecular formula is C12H14ClN3S. The Balaban J connectivity index is 2.07. The second-order valence-electron chi connectivity index (χ2n) is 3.86. The predicted molar refractivity (Wildman–Crippen MR) is 73.4 cm³/mol. The normalized spacial score (nSPS) is 10.8. The molecule has 0 aliphatic rings. The average Bonchev–Trinajstić information content (AvgIpc) is 2.62. The van der Waals surface area contributed by atoms with Crippen LogP contribution < -0.4 is 5.73 Å². The van der Waals surface area contributed by atoms with Gasteiger partial charge in [-0.2, -0.15) is 0 Å². The summed E-state index contributed by atoms with van der Waals surface area (Å²) in [5, 5.41) is 0.661. The number of imidazole rings is 1. The maximum atomic E-state index is 5.93. The quantitative estimate of drug-likeness (QED) is 0.686. The molecule has 5 heteroatoms. The first-order valence-corrected chi connectivity index (χ1v) is 6.59. The Morgan fingerprint density at radius 2 is 2.24 bits per heavy atom. The predicted octanol–water partition coefficient (Wildman–Crippen LogP) is 3.26. The molecule has 1 heterocycles. The molecule has 2 rings (SSSR count). The van der Waals surface area contributed by atoms with Crippen molar-refractivity contribution in [1.82, 2.24) is 9.55 Å². The first kappa shape index (κ1) is 12.3. The minimum atomic E-state index is 0.661. The Labute approximate surface area is 110 Å². The number of nitrogens with two attached hydrogens (primary N) is 1. The highest BCUT2D eigenvalue weighted by molar-refractivity contribution is 7.98. The highest BCUT2D eigenvalue weighted by atomic mass is 35.5. The van der Waals surface area contributed by atoms with E-state index < -0.39 is 0 Å². The SMILES string of the molecule is Cc1cc(SCc2ncc(Cl)n2C)ccc1N. The summed E-state index contributed by atoms with van der Waals surface area (Å²) in [4.78, 5) is 5.45. The van der Waals surface area contributed by atoms with Gasteiger partial charge in [-0.3, -0.25) is 0 Å². The standard InChI is InChI=1S/C12H14ClN3S/c1-8-5-9(3-4-10(8)14)17-7-12-15-6-11(13)16(12)2/h3-6H,7,14H2,1-2H3. The number of anilines is 1. The van der Waals surface area contributed by atoms with Gasteiger partial charge < -0.3 is 10.3 Å². The Hall–Kier alpha value is -1.13. The van der Waals surface area contributed by atoms with Gasteiger partial charge in [0.2, 0.25) is 0 Å². The number of aromatic nitrogens is 2. The van der Waals surface area contributed by atoms with Gasteiger partial charge in [-0.25, -0.2) is 4.98 Å². The third-order valence-corrected chi connectivity index (χ3v) is 3.98. The van der Waals surface area contributed by atoms with E-state index in [2.05, 4.69) is 11.1 Å². The molecule has 0 aliphatic heterocycles. The van der Waals surface area contributed by atoms with Crippen LogP contribution in [-0.2, 0) is 12.8 Å². The number of nitrogen functional groups attached to an aromatic ring is 1. The fraction of sp³-hybridized carbons (Fsp3) is 0.250. The molecule has 0 aliphatic carbocycles. The second kappa shape index (κ2) is 5.02. The van der Waals surface area contributed by atoms with Crippen LogP contribution >= 0.6 is 23.4 Å². The number of nitrogens with zero attached hydrogens (tertiary/aromatic N) is 2. The summed E-state index contributed by atoms with van der Waals surface area (Å²) >= 11 is 7.66. The summed E-state index contributed by atoms with van der Waals surface area (Å²) in [5.41, 5.74) is 7.71. The molecule has 0 fully saturated rings. The second-order valence-corrected chi connectivity index (χ2v) is 5.30. The maximum Gasteiger partial charge on any atom is 0.128 e. The number of hydrogen-bond acceptors (Lipinski definition) is 3. The Kier molecular flexibility index (Phi) is 3.64. The third-order valence-electron chi connectivity index (χ3n) is 2.64. The highest BCUT2D eigenvalue weighted by Crippen LogP contribution is 2.25. The van der Waals surface area contributed by atoms with Gasteiger partial charge in [0.1, 0.15) is 11.0 Å². The highest BCUT2D eigenvalue weighted by Gasteiger charge is 2.05. The molecule has 0 bridgehead atoms. The largest absolute Gasteiger partial charge is 0.399 e.